The van der Waals surface area contributed by atoms with Gasteiger partial charge in [-0.05, 0) is 12.1 Å². The van der Waals surface area contributed by atoms with Crippen LogP contribution in [0.15, 0.2) is 35.1 Å². The Morgan fingerprint density at radius 2 is 1.94 bits per heavy atom. The highest BCUT2D eigenvalue weighted by Gasteiger charge is 2.14. The Balaban J connectivity index is 2.60. The first-order valence-corrected chi connectivity index (χ1v) is 5.30. The Morgan fingerprint density at radius 3 is 2.61 bits per heavy atom. The number of imidazole rings is 1. The van der Waals surface area contributed by atoms with E-state index in [0.717, 1.165) is 11.6 Å². The van der Waals surface area contributed by atoms with Crippen molar-refractivity contribution < 1.29 is 9.90 Å². The van der Waals surface area contributed by atoms with Crippen LogP contribution in [0.25, 0.3) is 16.8 Å². The quantitative estimate of drug-likeness (QED) is 0.688. The number of para-hydroxylation sites is 2. The average molecular weight is 243 g/mol. The van der Waals surface area contributed by atoms with E-state index in [1.807, 2.05) is 18.2 Å². The Labute approximate surface area is 101 Å². The van der Waals surface area contributed by atoms with Gasteiger partial charge in [-0.15, -0.1) is 0 Å². The zero-order chi connectivity index (χ0) is 12.9. The third-order valence-electron chi connectivity index (χ3n) is 2.90. The molecule has 0 aliphatic rings. The van der Waals surface area contributed by atoms with Gasteiger partial charge in [0.1, 0.15) is 0 Å². The molecule has 1 N–H and O–H groups in total. The molecule has 90 valence electrons. The van der Waals surface area contributed by atoms with Gasteiger partial charge in [-0.3, -0.25) is 4.79 Å². The first-order chi connectivity index (χ1) is 8.59. The molecule has 0 saturated heterocycles. The van der Waals surface area contributed by atoms with E-state index in [9.17, 15) is 9.59 Å². The minimum absolute atomic E-state index is 0.245. The van der Waals surface area contributed by atoms with E-state index in [0.29, 0.717) is 11.3 Å². The molecule has 0 atom stereocenters. The number of aromatic carboxylic acids is 1. The number of hydrogen-bond acceptors (Lipinski definition) is 3. The lowest BCUT2D eigenvalue weighted by atomic mass is 10.3. The minimum Gasteiger partial charge on any atom is -0.477 e. The van der Waals surface area contributed by atoms with E-state index in [1.165, 1.54) is 4.40 Å². The Hall–Kier alpha value is -2.63. The highest BCUT2D eigenvalue weighted by molar-refractivity contribution is 5.87. The minimum atomic E-state index is -1.21. The lowest BCUT2D eigenvalue weighted by molar-refractivity contribution is 0.0690. The van der Waals surface area contributed by atoms with Crippen LogP contribution >= 0.6 is 0 Å². The Kier molecular flexibility index (Phi) is 2.00. The van der Waals surface area contributed by atoms with E-state index < -0.39 is 11.5 Å². The molecule has 0 amide bonds. The lowest BCUT2D eigenvalue weighted by Gasteiger charge is -1.97. The largest absolute Gasteiger partial charge is 0.477 e. The summed E-state index contributed by atoms with van der Waals surface area (Å²) in [6.45, 7) is 0. The summed E-state index contributed by atoms with van der Waals surface area (Å²) in [5, 5.41) is 8.91. The molecule has 6 heteroatoms. The summed E-state index contributed by atoms with van der Waals surface area (Å²) < 4.78 is 3.10. The maximum atomic E-state index is 12.0. The number of carbonyl (C=O) groups is 1. The molecular formula is C12H9N3O3. The van der Waals surface area contributed by atoms with Crippen molar-refractivity contribution >= 4 is 22.8 Å². The molecule has 6 nitrogen and oxygen atoms in total. The summed E-state index contributed by atoms with van der Waals surface area (Å²) >= 11 is 0. The number of aromatic nitrogens is 3. The molecule has 0 saturated carbocycles. The van der Waals surface area contributed by atoms with Gasteiger partial charge in [-0.25, -0.2) is 14.2 Å². The monoisotopic (exact) mass is 243 g/mol. The average Bonchev–Trinajstić information content (AvgIpc) is 2.64. The van der Waals surface area contributed by atoms with Crippen molar-refractivity contribution in [3.8, 4) is 0 Å². The molecule has 2 aromatic heterocycles. The molecule has 0 bridgehead atoms. The zero-order valence-electron chi connectivity index (χ0n) is 9.49. The summed E-state index contributed by atoms with van der Waals surface area (Å²) in [6, 6.07) is 8.35. The van der Waals surface area contributed by atoms with Gasteiger partial charge >= 0.3 is 5.97 Å². The van der Waals surface area contributed by atoms with E-state index in [1.54, 1.807) is 17.7 Å². The number of benzene rings is 1. The number of aryl methyl sites for hydroxylation is 1. The number of rotatable bonds is 1. The van der Waals surface area contributed by atoms with Crippen LogP contribution in [0.2, 0.25) is 0 Å². The van der Waals surface area contributed by atoms with Gasteiger partial charge in [-0.2, -0.15) is 0 Å². The third kappa shape index (κ3) is 1.26. The van der Waals surface area contributed by atoms with Crippen molar-refractivity contribution in [2.75, 3.05) is 0 Å². The molecule has 0 fully saturated rings. The Bertz CT molecular complexity index is 845. The van der Waals surface area contributed by atoms with Gasteiger partial charge < -0.3 is 9.67 Å². The van der Waals surface area contributed by atoms with Crippen molar-refractivity contribution in [1.29, 1.82) is 0 Å². The molecule has 3 aromatic rings. The molecule has 3 rings (SSSR count). The van der Waals surface area contributed by atoms with E-state index in [4.69, 9.17) is 5.11 Å². The SMILES string of the molecule is Cn1c2ccccc2n2c(=O)cc(C(=O)O)nc12. The maximum Gasteiger partial charge on any atom is 0.354 e. The first kappa shape index (κ1) is 10.5. The highest BCUT2D eigenvalue weighted by Crippen LogP contribution is 2.16. The second-order valence-electron chi connectivity index (χ2n) is 3.97. The molecule has 0 aliphatic carbocycles. The van der Waals surface area contributed by atoms with Gasteiger partial charge in [0, 0.05) is 13.1 Å². The van der Waals surface area contributed by atoms with Crippen molar-refractivity contribution in [2.24, 2.45) is 7.05 Å². The van der Waals surface area contributed by atoms with Gasteiger partial charge in [-0.1, -0.05) is 12.1 Å². The molecule has 1 aromatic carbocycles. The van der Waals surface area contributed by atoms with E-state index in [2.05, 4.69) is 4.98 Å². The number of nitrogens with zero attached hydrogens (tertiary/aromatic N) is 3. The molecule has 0 spiro atoms. The van der Waals surface area contributed by atoms with Crippen molar-refractivity contribution in [2.45, 2.75) is 0 Å². The summed E-state index contributed by atoms with van der Waals surface area (Å²) in [7, 11) is 1.75. The second kappa shape index (κ2) is 3.43. The molecule has 18 heavy (non-hydrogen) atoms. The normalized spacial score (nSPS) is 11.2. The van der Waals surface area contributed by atoms with Crippen LogP contribution in [0.1, 0.15) is 10.5 Å². The van der Waals surface area contributed by atoms with Crippen LogP contribution < -0.4 is 5.56 Å². The highest BCUT2D eigenvalue weighted by atomic mass is 16.4. The number of fused-ring (bicyclic) bond motifs is 3. The topological polar surface area (TPSA) is 76.6 Å². The number of carboxylic acids is 1. The summed E-state index contributed by atoms with van der Waals surface area (Å²) in [6.07, 6.45) is 0. The maximum absolute atomic E-state index is 12.0. The standard InChI is InChI=1S/C12H9N3O3/c1-14-8-4-2-3-5-9(8)15-10(16)6-7(11(17)18)13-12(14)15/h2-6H,1H3,(H,17,18). The van der Waals surface area contributed by atoms with E-state index in [-0.39, 0.29) is 5.69 Å². The van der Waals surface area contributed by atoms with Crippen molar-refractivity contribution in [3.05, 3.63) is 46.4 Å². The summed E-state index contributed by atoms with van der Waals surface area (Å²) in [5.74, 6) is -0.888. The van der Waals surface area contributed by atoms with E-state index >= 15 is 0 Å². The van der Waals surface area contributed by atoms with Crippen molar-refractivity contribution in [3.63, 3.8) is 0 Å². The predicted molar refractivity (Wildman–Crippen MR) is 64.9 cm³/mol. The fourth-order valence-electron chi connectivity index (χ4n) is 2.08. The van der Waals surface area contributed by atoms with Gasteiger partial charge in [0.05, 0.1) is 11.0 Å². The first-order valence-electron chi connectivity index (χ1n) is 5.30. The summed E-state index contributed by atoms with van der Waals surface area (Å²) in [5.41, 5.74) is 0.897. The zero-order valence-corrected chi connectivity index (χ0v) is 9.49. The lowest BCUT2D eigenvalue weighted by Crippen LogP contribution is -2.17. The fourth-order valence-corrected chi connectivity index (χ4v) is 2.08. The van der Waals surface area contributed by atoms with Crippen LogP contribution in [-0.2, 0) is 7.05 Å². The fraction of sp³-hybridized carbons (Fsp3) is 0.0833. The van der Waals surface area contributed by atoms with Gasteiger partial charge in [0.15, 0.2) is 5.69 Å². The number of carboxylic acid groups (broad SMARTS) is 1. The van der Waals surface area contributed by atoms with Crippen molar-refractivity contribution in [1.82, 2.24) is 14.0 Å². The smallest absolute Gasteiger partial charge is 0.354 e. The molecule has 0 radical (unpaired) electrons. The van der Waals surface area contributed by atoms with Crippen LogP contribution in [0.3, 0.4) is 0 Å². The number of hydrogen-bond donors (Lipinski definition) is 1. The van der Waals surface area contributed by atoms with Crippen LogP contribution in [0.5, 0.6) is 0 Å². The molecule has 0 unspecified atom stereocenters. The third-order valence-corrected chi connectivity index (χ3v) is 2.90. The molecular weight excluding hydrogens is 234 g/mol. The van der Waals surface area contributed by atoms with Crippen LogP contribution in [0, 0.1) is 0 Å². The van der Waals surface area contributed by atoms with Crippen LogP contribution in [0.4, 0.5) is 0 Å². The van der Waals surface area contributed by atoms with Gasteiger partial charge in [0.2, 0.25) is 5.78 Å². The Morgan fingerprint density at radius 1 is 1.28 bits per heavy atom. The second-order valence-corrected chi connectivity index (χ2v) is 3.97. The van der Waals surface area contributed by atoms with Crippen LogP contribution in [-0.4, -0.2) is 25.0 Å². The predicted octanol–water partition coefficient (Wildman–Crippen LogP) is 0.884. The molecule has 2 heterocycles. The molecule has 0 aliphatic heterocycles. The van der Waals surface area contributed by atoms with Gasteiger partial charge in [0.25, 0.3) is 5.56 Å². The summed E-state index contributed by atoms with van der Waals surface area (Å²) in [4.78, 5) is 26.9.